The van der Waals surface area contributed by atoms with Crippen molar-refractivity contribution < 1.29 is 4.79 Å². The Balaban J connectivity index is 1.49. The second-order valence-corrected chi connectivity index (χ2v) is 7.49. The van der Waals surface area contributed by atoms with E-state index < -0.39 is 0 Å². The molecule has 2 N–H and O–H groups in total. The Bertz CT molecular complexity index is 1400. The summed E-state index contributed by atoms with van der Waals surface area (Å²) >= 11 is 0. The highest BCUT2D eigenvalue weighted by Gasteiger charge is 2.36. The fourth-order valence-electron chi connectivity index (χ4n) is 4.31. The first-order valence-electron chi connectivity index (χ1n) is 9.90. The Hall–Kier alpha value is -4.00. The summed E-state index contributed by atoms with van der Waals surface area (Å²) in [7, 11) is 0. The number of benzene rings is 2. The lowest BCUT2D eigenvalue weighted by Gasteiger charge is -2.34. The van der Waals surface area contributed by atoms with Gasteiger partial charge < -0.3 is 9.88 Å². The minimum Gasteiger partial charge on any atom is -0.348 e. The lowest BCUT2D eigenvalue weighted by Crippen LogP contribution is -2.41. The average molecular weight is 394 g/mol. The Morgan fingerprint density at radius 1 is 1.03 bits per heavy atom. The van der Waals surface area contributed by atoms with Gasteiger partial charge in [-0.15, -0.1) is 0 Å². The number of nitrogens with one attached hydrogen (secondary N) is 2. The van der Waals surface area contributed by atoms with E-state index in [1.165, 1.54) is 0 Å². The molecule has 5 aromatic rings. The Morgan fingerprint density at radius 3 is 2.80 bits per heavy atom. The number of aromatic nitrogens is 5. The number of nitrogens with zero attached hydrogens (tertiary/aromatic N) is 4. The van der Waals surface area contributed by atoms with Gasteiger partial charge in [-0.2, -0.15) is 5.10 Å². The largest absolute Gasteiger partial charge is 0.348 e. The first kappa shape index (κ1) is 16.9. The number of imidazole rings is 1. The van der Waals surface area contributed by atoms with Crippen molar-refractivity contribution in [2.24, 2.45) is 0 Å². The molecule has 1 amide bonds. The van der Waals surface area contributed by atoms with Crippen molar-refractivity contribution in [3.05, 3.63) is 89.9 Å². The van der Waals surface area contributed by atoms with E-state index in [1.807, 2.05) is 59.6 Å². The van der Waals surface area contributed by atoms with E-state index in [9.17, 15) is 4.79 Å². The van der Waals surface area contributed by atoms with E-state index in [0.717, 1.165) is 38.8 Å². The number of carbonyl (C=O) groups excluding carboxylic acids is 1. The summed E-state index contributed by atoms with van der Waals surface area (Å²) in [6.07, 6.45) is 4.27. The number of H-pyrrole nitrogens is 2. The zero-order valence-electron chi connectivity index (χ0n) is 16.0. The molecule has 7 heteroatoms. The molecule has 1 aliphatic heterocycles. The summed E-state index contributed by atoms with van der Waals surface area (Å²) in [6.45, 7) is 0.564. The fourth-order valence-corrected chi connectivity index (χ4v) is 4.31. The maximum absolute atomic E-state index is 13.6. The van der Waals surface area contributed by atoms with Crippen molar-refractivity contribution in [1.82, 2.24) is 30.0 Å². The molecule has 1 aliphatic rings. The van der Waals surface area contributed by atoms with Crippen molar-refractivity contribution in [3.63, 3.8) is 0 Å². The number of hydrogen-bond acceptors (Lipinski definition) is 4. The molecular formula is C23H18N6O. The quantitative estimate of drug-likeness (QED) is 0.478. The lowest BCUT2D eigenvalue weighted by atomic mass is 9.97. The first-order chi connectivity index (χ1) is 14.8. The van der Waals surface area contributed by atoms with Gasteiger partial charge in [0.2, 0.25) is 0 Å². The van der Waals surface area contributed by atoms with Crippen LogP contribution in [0.4, 0.5) is 0 Å². The Kier molecular flexibility index (Phi) is 3.67. The van der Waals surface area contributed by atoms with E-state index in [-0.39, 0.29) is 11.9 Å². The standard InChI is InChI=1S/C23H18N6O/c30-23(20-16-7-3-4-8-17(16)27-28-20)29-10-9-18-21(26-13-25-18)22(29)19-11-14-5-1-2-6-15(14)12-24-19/h1-8,11-13,22H,9-10H2,(H,25,26)(H,27,28)/t22-/m1/s1. The molecule has 0 saturated heterocycles. The molecule has 1 atom stereocenters. The van der Waals surface area contributed by atoms with Gasteiger partial charge in [-0.05, 0) is 17.5 Å². The van der Waals surface area contributed by atoms with E-state index in [0.29, 0.717) is 18.7 Å². The lowest BCUT2D eigenvalue weighted by molar-refractivity contribution is 0.0683. The number of para-hydroxylation sites is 1. The highest BCUT2D eigenvalue weighted by atomic mass is 16.2. The summed E-state index contributed by atoms with van der Waals surface area (Å²) in [5.74, 6) is -0.124. The summed E-state index contributed by atoms with van der Waals surface area (Å²) in [5.41, 5.74) is 3.96. The number of hydrogen-bond donors (Lipinski definition) is 2. The van der Waals surface area contributed by atoms with Crippen molar-refractivity contribution in [3.8, 4) is 0 Å². The third-order valence-electron chi connectivity index (χ3n) is 5.79. The van der Waals surface area contributed by atoms with E-state index in [2.05, 4.69) is 26.2 Å². The predicted octanol–water partition coefficient (Wildman–Crippen LogP) is 3.62. The highest BCUT2D eigenvalue weighted by molar-refractivity contribution is 6.05. The molecule has 0 unspecified atom stereocenters. The molecule has 2 aromatic carbocycles. The normalized spacial score (nSPS) is 16.1. The second kappa shape index (κ2) is 6.52. The summed E-state index contributed by atoms with van der Waals surface area (Å²) in [4.78, 5) is 28.0. The van der Waals surface area contributed by atoms with Gasteiger partial charge in [-0.3, -0.25) is 14.9 Å². The number of pyridine rings is 1. The number of carbonyl (C=O) groups is 1. The third-order valence-corrected chi connectivity index (χ3v) is 5.79. The molecule has 6 rings (SSSR count). The number of fused-ring (bicyclic) bond motifs is 3. The predicted molar refractivity (Wildman–Crippen MR) is 113 cm³/mol. The average Bonchev–Trinajstić information content (AvgIpc) is 3.44. The van der Waals surface area contributed by atoms with E-state index >= 15 is 0 Å². The van der Waals surface area contributed by atoms with Crippen LogP contribution in [0.3, 0.4) is 0 Å². The van der Waals surface area contributed by atoms with Crippen LogP contribution >= 0.6 is 0 Å². The second-order valence-electron chi connectivity index (χ2n) is 7.49. The molecule has 0 radical (unpaired) electrons. The SMILES string of the molecule is O=C(c1n[nH]c2ccccc12)N1CCc2[nH]cnc2[C@H]1c1cc2ccccc2cn1. The van der Waals surface area contributed by atoms with Gasteiger partial charge in [0.05, 0.1) is 23.2 Å². The first-order valence-corrected chi connectivity index (χ1v) is 9.90. The number of rotatable bonds is 2. The van der Waals surface area contributed by atoms with E-state index in [4.69, 9.17) is 4.98 Å². The summed E-state index contributed by atoms with van der Waals surface area (Å²) in [5, 5.41) is 10.3. The van der Waals surface area contributed by atoms with Crippen LogP contribution in [-0.2, 0) is 6.42 Å². The van der Waals surface area contributed by atoms with Crippen LogP contribution in [0.25, 0.3) is 21.7 Å². The van der Waals surface area contributed by atoms with Gasteiger partial charge in [-0.1, -0.05) is 42.5 Å². The monoisotopic (exact) mass is 394 g/mol. The zero-order valence-corrected chi connectivity index (χ0v) is 16.0. The number of amides is 1. The maximum Gasteiger partial charge on any atom is 0.275 e. The van der Waals surface area contributed by atoms with Gasteiger partial charge in [0, 0.05) is 35.6 Å². The molecule has 146 valence electrons. The summed E-state index contributed by atoms with van der Waals surface area (Å²) < 4.78 is 0. The van der Waals surface area contributed by atoms with Gasteiger partial charge in [0.15, 0.2) is 5.69 Å². The fraction of sp³-hybridized carbons (Fsp3) is 0.130. The number of aromatic amines is 2. The van der Waals surface area contributed by atoms with Crippen LogP contribution in [0.5, 0.6) is 0 Å². The van der Waals surface area contributed by atoms with Crippen LogP contribution < -0.4 is 0 Å². The molecule has 30 heavy (non-hydrogen) atoms. The minimum absolute atomic E-state index is 0.124. The Labute approximate surface area is 171 Å². The maximum atomic E-state index is 13.6. The highest BCUT2D eigenvalue weighted by Crippen LogP contribution is 2.35. The van der Waals surface area contributed by atoms with Crippen LogP contribution in [0, 0.1) is 0 Å². The molecule has 4 heterocycles. The van der Waals surface area contributed by atoms with Gasteiger partial charge in [0.25, 0.3) is 5.91 Å². The minimum atomic E-state index is -0.368. The molecule has 0 saturated carbocycles. The van der Waals surface area contributed by atoms with Gasteiger partial charge in [-0.25, -0.2) is 4.98 Å². The zero-order chi connectivity index (χ0) is 20.1. The van der Waals surface area contributed by atoms with Crippen molar-refractivity contribution in [1.29, 1.82) is 0 Å². The van der Waals surface area contributed by atoms with Crippen molar-refractivity contribution in [2.45, 2.75) is 12.5 Å². The molecule has 0 spiro atoms. The molecule has 0 fully saturated rings. The Morgan fingerprint density at radius 2 is 1.87 bits per heavy atom. The molecule has 0 aliphatic carbocycles. The van der Waals surface area contributed by atoms with Crippen LogP contribution in [0.1, 0.15) is 33.6 Å². The van der Waals surface area contributed by atoms with Gasteiger partial charge >= 0.3 is 0 Å². The van der Waals surface area contributed by atoms with Gasteiger partial charge in [0.1, 0.15) is 6.04 Å². The smallest absolute Gasteiger partial charge is 0.275 e. The van der Waals surface area contributed by atoms with E-state index in [1.54, 1.807) is 6.33 Å². The van der Waals surface area contributed by atoms with Crippen molar-refractivity contribution in [2.75, 3.05) is 6.54 Å². The van der Waals surface area contributed by atoms with Crippen LogP contribution in [-0.4, -0.2) is 42.5 Å². The van der Waals surface area contributed by atoms with Crippen molar-refractivity contribution >= 4 is 27.6 Å². The molecular weight excluding hydrogens is 376 g/mol. The third kappa shape index (κ3) is 2.52. The topological polar surface area (TPSA) is 90.6 Å². The molecule has 7 nitrogen and oxygen atoms in total. The summed E-state index contributed by atoms with van der Waals surface area (Å²) in [6, 6.07) is 17.4. The van der Waals surface area contributed by atoms with Crippen LogP contribution in [0.15, 0.2) is 67.1 Å². The molecule has 0 bridgehead atoms. The van der Waals surface area contributed by atoms with Crippen LogP contribution in [0.2, 0.25) is 0 Å². The molecule has 3 aromatic heterocycles.